The van der Waals surface area contributed by atoms with Crippen LogP contribution in [0.3, 0.4) is 0 Å². The molecule has 1 unspecified atom stereocenters. The average Bonchev–Trinajstić information content (AvgIpc) is 2.39. The third-order valence-electron chi connectivity index (χ3n) is 3.84. The molecule has 1 saturated heterocycles. The third kappa shape index (κ3) is 2.98. The quantitative estimate of drug-likeness (QED) is 0.830. The van der Waals surface area contributed by atoms with Crippen molar-refractivity contribution in [3.05, 3.63) is 35.4 Å². The minimum atomic E-state index is -0.0415. The van der Waals surface area contributed by atoms with Crippen LogP contribution in [-0.4, -0.2) is 35.9 Å². The maximum absolute atomic E-state index is 12.4. The zero-order valence-corrected chi connectivity index (χ0v) is 11.2. The summed E-state index contributed by atoms with van der Waals surface area (Å²) in [6, 6.07) is 8.09. The number of nitrogens with zero attached hydrogens (tertiary/aromatic N) is 1. The summed E-state index contributed by atoms with van der Waals surface area (Å²) in [6.07, 6.45) is 1.98. The number of ketones is 1. The number of aryl methyl sites for hydroxylation is 1. The fraction of sp³-hybridized carbons (Fsp3) is 0.533. The predicted molar refractivity (Wildman–Crippen MR) is 73.8 cm³/mol. The zero-order chi connectivity index (χ0) is 13.1. The Bertz CT molecular complexity index is 405. The summed E-state index contributed by atoms with van der Waals surface area (Å²) in [5.41, 5.74) is 7.88. The highest BCUT2D eigenvalue weighted by molar-refractivity contribution is 5.99. The van der Waals surface area contributed by atoms with Crippen molar-refractivity contribution in [2.24, 2.45) is 5.73 Å². The van der Waals surface area contributed by atoms with E-state index in [2.05, 4.69) is 4.90 Å². The molecule has 0 aliphatic carbocycles. The molecular weight excluding hydrogens is 224 g/mol. The first kappa shape index (κ1) is 13.2. The molecule has 2 rings (SSSR count). The first-order valence-electron chi connectivity index (χ1n) is 6.68. The Balaban J connectivity index is 2.02. The van der Waals surface area contributed by atoms with Crippen molar-refractivity contribution < 1.29 is 4.79 Å². The summed E-state index contributed by atoms with van der Waals surface area (Å²) in [6.45, 7) is 5.89. The number of hydrogen-bond acceptors (Lipinski definition) is 3. The molecule has 0 amide bonds. The van der Waals surface area contributed by atoms with Gasteiger partial charge in [0.05, 0.1) is 6.04 Å². The van der Waals surface area contributed by atoms with Crippen LogP contribution in [0.15, 0.2) is 24.3 Å². The van der Waals surface area contributed by atoms with Crippen LogP contribution < -0.4 is 5.73 Å². The molecular formula is C15H22N2O. The molecule has 1 fully saturated rings. The number of likely N-dealkylation sites (tertiary alicyclic amines) is 1. The van der Waals surface area contributed by atoms with Crippen molar-refractivity contribution >= 4 is 5.78 Å². The van der Waals surface area contributed by atoms with E-state index in [-0.39, 0.29) is 11.8 Å². The normalized spacial score (nSPS) is 19.7. The van der Waals surface area contributed by atoms with Crippen LogP contribution in [0.5, 0.6) is 0 Å². The number of rotatable bonds is 3. The van der Waals surface area contributed by atoms with Gasteiger partial charge < -0.3 is 5.73 Å². The lowest BCUT2D eigenvalue weighted by molar-refractivity contribution is 0.0798. The fourth-order valence-electron chi connectivity index (χ4n) is 2.43. The Labute approximate surface area is 109 Å². The number of piperidine rings is 1. The van der Waals surface area contributed by atoms with Gasteiger partial charge in [0.1, 0.15) is 0 Å². The van der Waals surface area contributed by atoms with E-state index in [1.54, 1.807) is 0 Å². The molecule has 1 aliphatic rings. The van der Waals surface area contributed by atoms with Crippen LogP contribution in [0.25, 0.3) is 0 Å². The average molecular weight is 246 g/mol. The van der Waals surface area contributed by atoms with Crippen LogP contribution in [-0.2, 0) is 0 Å². The largest absolute Gasteiger partial charge is 0.328 e. The van der Waals surface area contributed by atoms with Crippen molar-refractivity contribution in [1.82, 2.24) is 4.90 Å². The number of nitrogens with two attached hydrogens (primary N) is 1. The summed E-state index contributed by atoms with van der Waals surface area (Å²) in [7, 11) is 0. The molecule has 0 spiro atoms. The summed E-state index contributed by atoms with van der Waals surface area (Å²) < 4.78 is 0. The molecule has 0 radical (unpaired) electrons. The number of Topliss-reactive ketones (excluding diaryl/α,β-unsaturated/α-hetero) is 1. The van der Waals surface area contributed by atoms with Gasteiger partial charge in [-0.15, -0.1) is 0 Å². The lowest BCUT2D eigenvalue weighted by atomic mass is 9.99. The first-order chi connectivity index (χ1) is 8.58. The van der Waals surface area contributed by atoms with E-state index in [4.69, 9.17) is 5.73 Å². The van der Waals surface area contributed by atoms with Crippen LogP contribution in [0.2, 0.25) is 0 Å². The summed E-state index contributed by atoms with van der Waals surface area (Å²) in [4.78, 5) is 14.6. The maximum atomic E-state index is 12.4. The van der Waals surface area contributed by atoms with E-state index < -0.39 is 0 Å². The standard InChI is InChI=1S/C15H22N2O/c1-11-3-5-13(6-4-11)15(18)12(2)17-9-7-14(16)8-10-17/h3-6,12,14H,7-10,16H2,1-2H3. The minimum Gasteiger partial charge on any atom is -0.328 e. The second kappa shape index (κ2) is 5.63. The van der Waals surface area contributed by atoms with Gasteiger partial charge in [-0.2, -0.15) is 0 Å². The van der Waals surface area contributed by atoms with Crippen LogP contribution >= 0.6 is 0 Å². The Morgan fingerprint density at radius 2 is 1.83 bits per heavy atom. The molecule has 2 N–H and O–H groups in total. The minimum absolute atomic E-state index is 0.0415. The number of benzene rings is 1. The molecule has 0 bridgehead atoms. The number of carbonyl (C=O) groups is 1. The van der Waals surface area contributed by atoms with E-state index in [0.717, 1.165) is 31.5 Å². The van der Waals surface area contributed by atoms with Gasteiger partial charge in [0, 0.05) is 24.7 Å². The lowest BCUT2D eigenvalue weighted by Gasteiger charge is -2.34. The Morgan fingerprint density at radius 1 is 1.28 bits per heavy atom. The Kier molecular flexibility index (Phi) is 4.15. The molecule has 1 aliphatic heterocycles. The number of hydrogen-bond donors (Lipinski definition) is 1. The molecule has 0 aromatic heterocycles. The van der Waals surface area contributed by atoms with Crippen molar-refractivity contribution in [3.63, 3.8) is 0 Å². The fourth-order valence-corrected chi connectivity index (χ4v) is 2.43. The van der Waals surface area contributed by atoms with Gasteiger partial charge in [0.25, 0.3) is 0 Å². The second-order valence-electron chi connectivity index (χ2n) is 5.28. The molecule has 1 aromatic rings. The SMILES string of the molecule is Cc1ccc(C(=O)C(C)N2CCC(N)CC2)cc1. The molecule has 1 heterocycles. The van der Waals surface area contributed by atoms with Crippen molar-refractivity contribution in [3.8, 4) is 0 Å². The predicted octanol–water partition coefficient (Wildman–Crippen LogP) is 1.99. The highest BCUT2D eigenvalue weighted by atomic mass is 16.1. The monoisotopic (exact) mass is 246 g/mol. The lowest BCUT2D eigenvalue weighted by Crippen LogP contribution is -2.46. The van der Waals surface area contributed by atoms with Gasteiger partial charge >= 0.3 is 0 Å². The first-order valence-corrected chi connectivity index (χ1v) is 6.68. The second-order valence-corrected chi connectivity index (χ2v) is 5.28. The molecule has 0 saturated carbocycles. The number of carbonyl (C=O) groups excluding carboxylic acids is 1. The van der Waals surface area contributed by atoms with E-state index in [1.165, 1.54) is 5.56 Å². The van der Waals surface area contributed by atoms with Gasteiger partial charge in [-0.3, -0.25) is 9.69 Å². The van der Waals surface area contributed by atoms with Gasteiger partial charge in [-0.25, -0.2) is 0 Å². The topological polar surface area (TPSA) is 46.3 Å². The van der Waals surface area contributed by atoms with Gasteiger partial charge in [0.15, 0.2) is 5.78 Å². The van der Waals surface area contributed by atoms with E-state index in [0.29, 0.717) is 6.04 Å². The third-order valence-corrected chi connectivity index (χ3v) is 3.84. The van der Waals surface area contributed by atoms with Gasteiger partial charge in [0.2, 0.25) is 0 Å². The van der Waals surface area contributed by atoms with E-state index in [9.17, 15) is 4.79 Å². The van der Waals surface area contributed by atoms with E-state index in [1.807, 2.05) is 38.1 Å². The Morgan fingerprint density at radius 3 is 2.39 bits per heavy atom. The van der Waals surface area contributed by atoms with Crippen LogP contribution in [0.4, 0.5) is 0 Å². The van der Waals surface area contributed by atoms with Crippen LogP contribution in [0.1, 0.15) is 35.7 Å². The smallest absolute Gasteiger partial charge is 0.179 e. The summed E-state index contributed by atoms with van der Waals surface area (Å²) >= 11 is 0. The van der Waals surface area contributed by atoms with Crippen molar-refractivity contribution in [2.45, 2.75) is 38.8 Å². The molecule has 1 atom stereocenters. The van der Waals surface area contributed by atoms with Gasteiger partial charge in [-0.1, -0.05) is 29.8 Å². The van der Waals surface area contributed by atoms with E-state index >= 15 is 0 Å². The summed E-state index contributed by atoms with van der Waals surface area (Å²) in [5.74, 6) is 0.213. The van der Waals surface area contributed by atoms with Crippen molar-refractivity contribution in [1.29, 1.82) is 0 Å². The zero-order valence-electron chi connectivity index (χ0n) is 11.2. The van der Waals surface area contributed by atoms with Crippen molar-refractivity contribution in [2.75, 3.05) is 13.1 Å². The molecule has 98 valence electrons. The van der Waals surface area contributed by atoms with Gasteiger partial charge in [-0.05, 0) is 26.7 Å². The molecule has 3 heteroatoms. The van der Waals surface area contributed by atoms with Crippen LogP contribution in [0, 0.1) is 6.92 Å². The highest BCUT2D eigenvalue weighted by Gasteiger charge is 2.25. The summed E-state index contributed by atoms with van der Waals surface area (Å²) in [5, 5.41) is 0. The molecule has 18 heavy (non-hydrogen) atoms. The molecule has 3 nitrogen and oxygen atoms in total. The maximum Gasteiger partial charge on any atom is 0.179 e. The Hall–Kier alpha value is -1.19. The highest BCUT2D eigenvalue weighted by Crippen LogP contribution is 2.15. The molecule has 1 aromatic carbocycles.